The van der Waals surface area contributed by atoms with E-state index in [1.165, 1.54) is 22.5 Å². The van der Waals surface area contributed by atoms with Crippen molar-refractivity contribution in [2.45, 2.75) is 13.0 Å². The number of aromatic nitrogens is 1. The summed E-state index contributed by atoms with van der Waals surface area (Å²) in [5, 5.41) is 3.56. The molecule has 5 nitrogen and oxygen atoms in total. The Hall–Kier alpha value is -2.44. The molecule has 6 heteroatoms. The predicted octanol–water partition coefficient (Wildman–Crippen LogP) is 3.30. The number of thiazole rings is 1. The summed E-state index contributed by atoms with van der Waals surface area (Å²) in [4.78, 5) is 19.0. The largest absolute Gasteiger partial charge is 0.497 e. The van der Waals surface area contributed by atoms with Crippen LogP contribution in [0.3, 0.4) is 0 Å². The third-order valence-corrected chi connectivity index (χ3v) is 5.35. The Bertz CT molecular complexity index is 922. The van der Waals surface area contributed by atoms with Gasteiger partial charge in [-0.25, -0.2) is 4.98 Å². The van der Waals surface area contributed by atoms with E-state index in [1.54, 1.807) is 7.11 Å². The monoisotopic (exact) mass is 353 g/mol. The smallest absolute Gasteiger partial charge is 0.240 e. The van der Waals surface area contributed by atoms with Crippen LogP contribution < -0.4 is 10.1 Å². The van der Waals surface area contributed by atoms with E-state index in [0.717, 1.165) is 35.5 Å². The number of carbonyl (C=O) groups is 1. The number of carbonyl (C=O) groups excluding carboxylic acids is 1. The summed E-state index contributed by atoms with van der Waals surface area (Å²) in [6.07, 6.45) is 0.990. The van der Waals surface area contributed by atoms with Gasteiger partial charge in [0.15, 0.2) is 5.13 Å². The number of hydrogen-bond donors (Lipinski definition) is 1. The van der Waals surface area contributed by atoms with E-state index in [0.29, 0.717) is 11.7 Å². The molecule has 1 aromatic heterocycles. The van der Waals surface area contributed by atoms with E-state index in [-0.39, 0.29) is 5.91 Å². The molecular formula is C19H19N3O2S. The fourth-order valence-electron chi connectivity index (χ4n) is 3.14. The first kappa shape index (κ1) is 16.1. The second kappa shape index (κ2) is 6.82. The molecule has 0 bridgehead atoms. The van der Waals surface area contributed by atoms with Gasteiger partial charge in [0.05, 0.1) is 23.9 Å². The molecule has 1 N–H and O–H groups in total. The number of methoxy groups -OCH3 is 1. The van der Waals surface area contributed by atoms with Gasteiger partial charge in [0.2, 0.25) is 5.91 Å². The van der Waals surface area contributed by atoms with Gasteiger partial charge in [0, 0.05) is 13.1 Å². The van der Waals surface area contributed by atoms with Gasteiger partial charge in [-0.15, -0.1) is 0 Å². The second-order valence-electron chi connectivity index (χ2n) is 6.13. The SMILES string of the molecule is COc1ccc2nc(NC(=O)CN3CCc4ccccc4C3)sc2c1. The van der Waals surface area contributed by atoms with Gasteiger partial charge in [-0.3, -0.25) is 9.69 Å². The van der Waals surface area contributed by atoms with Crippen molar-refractivity contribution < 1.29 is 9.53 Å². The van der Waals surface area contributed by atoms with E-state index >= 15 is 0 Å². The zero-order valence-electron chi connectivity index (χ0n) is 14.0. The summed E-state index contributed by atoms with van der Waals surface area (Å²) in [6.45, 7) is 2.11. The molecule has 2 aromatic carbocycles. The first-order valence-corrected chi connectivity index (χ1v) is 9.06. The number of ether oxygens (including phenoxy) is 1. The van der Waals surface area contributed by atoms with Gasteiger partial charge in [-0.2, -0.15) is 0 Å². The predicted molar refractivity (Wildman–Crippen MR) is 100 cm³/mol. The van der Waals surface area contributed by atoms with Crippen molar-refractivity contribution in [1.82, 2.24) is 9.88 Å². The Morgan fingerprint density at radius 1 is 1.28 bits per heavy atom. The van der Waals surface area contributed by atoms with E-state index in [9.17, 15) is 4.79 Å². The fraction of sp³-hybridized carbons (Fsp3) is 0.263. The third kappa shape index (κ3) is 3.50. The van der Waals surface area contributed by atoms with Crippen LogP contribution in [0.2, 0.25) is 0 Å². The average Bonchev–Trinajstić information content (AvgIpc) is 3.02. The maximum Gasteiger partial charge on any atom is 0.240 e. The lowest BCUT2D eigenvalue weighted by atomic mass is 10.00. The minimum atomic E-state index is -0.0228. The molecule has 1 aliphatic rings. The molecule has 25 heavy (non-hydrogen) atoms. The number of nitrogens with one attached hydrogen (secondary N) is 1. The van der Waals surface area contributed by atoms with Gasteiger partial charge < -0.3 is 10.1 Å². The molecule has 0 spiro atoms. The summed E-state index contributed by atoms with van der Waals surface area (Å²) in [5.74, 6) is 0.770. The van der Waals surface area contributed by atoms with Crippen LogP contribution >= 0.6 is 11.3 Å². The van der Waals surface area contributed by atoms with Crippen LogP contribution in [0, 0.1) is 0 Å². The number of fused-ring (bicyclic) bond motifs is 2. The van der Waals surface area contributed by atoms with E-state index in [1.807, 2.05) is 18.2 Å². The first-order valence-electron chi connectivity index (χ1n) is 8.25. The van der Waals surface area contributed by atoms with Crippen LogP contribution in [0.15, 0.2) is 42.5 Å². The van der Waals surface area contributed by atoms with Crippen molar-refractivity contribution in [2.75, 3.05) is 25.5 Å². The lowest BCUT2D eigenvalue weighted by molar-refractivity contribution is -0.117. The molecule has 3 aromatic rings. The molecule has 0 saturated carbocycles. The molecule has 0 unspecified atom stereocenters. The molecule has 4 rings (SSSR count). The van der Waals surface area contributed by atoms with Gasteiger partial charge in [0.1, 0.15) is 5.75 Å². The minimum absolute atomic E-state index is 0.0228. The van der Waals surface area contributed by atoms with Crippen LogP contribution in [0.25, 0.3) is 10.2 Å². The summed E-state index contributed by atoms with van der Waals surface area (Å²) in [6, 6.07) is 14.1. The normalized spacial score (nSPS) is 14.3. The molecule has 0 radical (unpaired) electrons. The lowest BCUT2D eigenvalue weighted by Crippen LogP contribution is -2.37. The molecule has 128 valence electrons. The highest BCUT2D eigenvalue weighted by molar-refractivity contribution is 7.22. The summed E-state index contributed by atoms with van der Waals surface area (Å²) in [5.41, 5.74) is 3.57. The van der Waals surface area contributed by atoms with Crippen molar-refractivity contribution in [3.05, 3.63) is 53.6 Å². The van der Waals surface area contributed by atoms with Crippen LogP contribution in [-0.2, 0) is 17.8 Å². The fourth-order valence-corrected chi connectivity index (χ4v) is 4.05. The summed E-state index contributed by atoms with van der Waals surface area (Å²) >= 11 is 1.46. The lowest BCUT2D eigenvalue weighted by Gasteiger charge is -2.27. The highest BCUT2D eigenvalue weighted by Crippen LogP contribution is 2.29. The van der Waals surface area contributed by atoms with Crippen molar-refractivity contribution in [1.29, 1.82) is 0 Å². The zero-order valence-corrected chi connectivity index (χ0v) is 14.8. The third-order valence-electron chi connectivity index (χ3n) is 4.42. The number of nitrogens with zero attached hydrogens (tertiary/aromatic N) is 2. The number of rotatable bonds is 4. The Kier molecular flexibility index (Phi) is 4.38. The zero-order chi connectivity index (χ0) is 17.2. The first-order chi connectivity index (χ1) is 12.2. The maximum atomic E-state index is 12.4. The standard InChI is InChI=1S/C19H19N3O2S/c1-24-15-6-7-16-17(10-15)25-19(20-16)21-18(23)12-22-9-8-13-4-2-3-5-14(13)11-22/h2-7,10H,8-9,11-12H2,1H3,(H,20,21,23). The number of amides is 1. The Labute approximate surface area is 150 Å². The maximum absolute atomic E-state index is 12.4. The Morgan fingerprint density at radius 3 is 2.96 bits per heavy atom. The van der Waals surface area contributed by atoms with Crippen LogP contribution in [0.5, 0.6) is 5.75 Å². The summed E-state index contributed by atoms with van der Waals surface area (Å²) < 4.78 is 6.23. The van der Waals surface area contributed by atoms with Crippen molar-refractivity contribution in [3.8, 4) is 5.75 Å². The number of benzene rings is 2. The molecule has 0 fully saturated rings. The van der Waals surface area contributed by atoms with Gasteiger partial charge in [-0.1, -0.05) is 35.6 Å². The highest BCUT2D eigenvalue weighted by Gasteiger charge is 2.18. The molecule has 0 aliphatic carbocycles. The van der Waals surface area contributed by atoms with E-state index in [4.69, 9.17) is 4.74 Å². The minimum Gasteiger partial charge on any atom is -0.497 e. The van der Waals surface area contributed by atoms with Crippen molar-refractivity contribution in [3.63, 3.8) is 0 Å². The number of hydrogen-bond acceptors (Lipinski definition) is 5. The van der Waals surface area contributed by atoms with Gasteiger partial charge in [-0.05, 0) is 35.7 Å². The molecular weight excluding hydrogens is 334 g/mol. The van der Waals surface area contributed by atoms with Crippen LogP contribution in [0.4, 0.5) is 5.13 Å². The van der Waals surface area contributed by atoms with E-state index < -0.39 is 0 Å². The second-order valence-corrected chi connectivity index (χ2v) is 7.16. The molecule has 1 aliphatic heterocycles. The van der Waals surface area contributed by atoms with Crippen molar-refractivity contribution >= 4 is 32.6 Å². The Balaban J connectivity index is 1.41. The molecule has 0 saturated heterocycles. The molecule has 2 heterocycles. The Morgan fingerprint density at radius 2 is 2.12 bits per heavy atom. The molecule has 1 amide bonds. The van der Waals surface area contributed by atoms with Crippen LogP contribution in [-0.4, -0.2) is 36.0 Å². The average molecular weight is 353 g/mol. The van der Waals surface area contributed by atoms with E-state index in [2.05, 4.69) is 39.5 Å². The van der Waals surface area contributed by atoms with Gasteiger partial charge in [0.25, 0.3) is 0 Å². The topological polar surface area (TPSA) is 54.5 Å². The molecule has 0 atom stereocenters. The quantitative estimate of drug-likeness (QED) is 0.782. The van der Waals surface area contributed by atoms with Gasteiger partial charge >= 0.3 is 0 Å². The summed E-state index contributed by atoms with van der Waals surface area (Å²) in [7, 11) is 1.64. The highest BCUT2D eigenvalue weighted by atomic mass is 32.1. The van der Waals surface area contributed by atoms with Crippen LogP contribution in [0.1, 0.15) is 11.1 Å². The van der Waals surface area contributed by atoms with Crippen molar-refractivity contribution in [2.24, 2.45) is 0 Å². The number of anilines is 1.